The van der Waals surface area contributed by atoms with Gasteiger partial charge in [0, 0.05) is 11.3 Å². The molecule has 5 rings (SSSR count). The van der Waals surface area contributed by atoms with E-state index in [9.17, 15) is 4.79 Å². The van der Waals surface area contributed by atoms with Crippen molar-refractivity contribution in [2.75, 3.05) is 12.5 Å². The maximum absolute atomic E-state index is 12.4. The van der Waals surface area contributed by atoms with Crippen LogP contribution < -0.4 is 14.9 Å². The van der Waals surface area contributed by atoms with Gasteiger partial charge in [-0.15, -0.1) is 10.2 Å². The number of amides is 1. The Labute approximate surface area is 205 Å². The molecule has 4 aromatic rings. The van der Waals surface area contributed by atoms with Gasteiger partial charge >= 0.3 is 0 Å². The third-order valence-electron chi connectivity index (χ3n) is 5.05. The number of para-hydroxylation sites is 1. The van der Waals surface area contributed by atoms with Gasteiger partial charge in [0.05, 0.1) is 23.6 Å². The Hall–Kier alpha value is -4.62. The summed E-state index contributed by atoms with van der Waals surface area (Å²) >= 11 is 1.25. The van der Waals surface area contributed by atoms with Gasteiger partial charge in [0.25, 0.3) is 5.91 Å². The van der Waals surface area contributed by atoms with Crippen LogP contribution in [0.2, 0.25) is 0 Å². The molecular weight excluding hydrogens is 464 g/mol. The summed E-state index contributed by atoms with van der Waals surface area (Å²) in [5.74, 6) is 1.77. The molecule has 1 aliphatic rings. The minimum absolute atomic E-state index is 0.0941. The average Bonchev–Trinajstić information content (AvgIpc) is 3.55. The highest BCUT2D eigenvalue weighted by molar-refractivity contribution is 7.99. The molecule has 0 aliphatic carbocycles. The molecule has 1 N–H and O–H groups in total. The van der Waals surface area contributed by atoms with Crippen molar-refractivity contribution in [1.82, 2.24) is 20.2 Å². The number of ether oxygens (including phenoxy) is 2. The van der Waals surface area contributed by atoms with Crippen molar-refractivity contribution in [3.8, 4) is 34.6 Å². The van der Waals surface area contributed by atoms with E-state index in [-0.39, 0.29) is 18.5 Å². The summed E-state index contributed by atoms with van der Waals surface area (Å²) in [4.78, 5) is 12.4. The van der Waals surface area contributed by atoms with E-state index < -0.39 is 0 Å². The number of nitrogens with one attached hydrogen (secondary N) is 1. The normalized spacial score (nSPS) is 12.0. The molecule has 9 nitrogen and oxygen atoms in total. The van der Waals surface area contributed by atoms with Gasteiger partial charge in [-0.05, 0) is 48.0 Å². The molecule has 0 saturated carbocycles. The molecule has 0 saturated heterocycles. The second-order valence-electron chi connectivity index (χ2n) is 7.36. The molecule has 0 bridgehead atoms. The molecule has 2 heterocycles. The van der Waals surface area contributed by atoms with Gasteiger partial charge in [-0.3, -0.25) is 9.36 Å². The standard InChI is InChI=1S/C25H18N6O3S/c26-13-17-6-8-18(9-7-17)14-27-28-23(32)15-35-25-30-29-24(31(25)20-4-2-1-3-5-20)19-10-11-21-22(12-19)34-16-33-21/h1-12,14H,15-16H2,(H,28,32)/b27-14+. The molecule has 3 aromatic carbocycles. The summed E-state index contributed by atoms with van der Waals surface area (Å²) in [5, 5.41) is 22.1. The second kappa shape index (κ2) is 10.1. The van der Waals surface area contributed by atoms with Crippen molar-refractivity contribution >= 4 is 23.9 Å². The zero-order chi connectivity index (χ0) is 24.0. The highest BCUT2D eigenvalue weighted by atomic mass is 32.2. The van der Waals surface area contributed by atoms with E-state index in [0.29, 0.717) is 28.0 Å². The van der Waals surface area contributed by atoms with Gasteiger partial charge in [0.15, 0.2) is 22.5 Å². The number of fused-ring (bicyclic) bond motifs is 1. The number of benzene rings is 3. The summed E-state index contributed by atoms with van der Waals surface area (Å²) in [5.41, 5.74) is 5.53. The molecule has 35 heavy (non-hydrogen) atoms. The molecule has 1 amide bonds. The van der Waals surface area contributed by atoms with Crippen molar-refractivity contribution < 1.29 is 14.3 Å². The molecular formula is C25H18N6O3S. The van der Waals surface area contributed by atoms with Crippen LogP contribution in [0, 0.1) is 11.3 Å². The minimum atomic E-state index is -0.285. The van der Waals surface area contributed by atoms with E-state index in [1.165, 1.54) is 18.0 Å². The summed E-state index contributed by atoms with van der Waals surface area (Å²) in [6.07, 6.45) is 1.52. The number of aromatic nitrogens is 3. The lowest BCUT2D eigenvalue weighted by molar-refractivity contribution is -0.118. The van der Waals surface area contributed by atoms with E-state index in [1.54, 1.807) is 24.3 Å². The lowest BCUT2D eigenvalue weighted by Gasteiger charge is -2.10. The lowest BCUT2D eigenvalue weighted by atomic mass is 10.2. The Bertz CT molecular complexity index is 1430. The fourth-order valence-corrected chi connectivity index (χ4v) is 4.13. The van der Waals surface area contributed by atoms with Crippen molar-refractivity contribution in [1.29, 1.82) is 5.26 Å². The number of carbonyl (C=O) groups excluding carboxylic acids is 1. The van der Waals surface area contributed by atoms with Crippen LogP contribution in [-0.2, 0) is 4.79 Å². The largest absolute Gasteiger partial charge is 0.454 e. The number of hydrogen-bond donors (Lipinski definition) is 1. The molecule has 0 unspecified atom stereocenters. The first-order valence-corrected chi connectivity index (χ1v) is 11.6. The second-order valence-corrected chi connectivity index (χ2v) is 8.30. The SMILES string of the molecule is N#Cc1ccc(/C=N/NC(=O)CSc2nnc(-c3ccc4c(c3)OCO4)n2-c2ccccc2)cc1. The first-order chi connectivity index (χ1) is 17.2. The summed E-state index contributed by atoms with van der Waals surface area (Å²) in [6.45, 7) is 0.189. The summed E-state index contributed by atoms with van der Waals surface area (Å²) in [6, 6.07) is 24.2. The zero-order valence-corrected chi connectivity index (χ0v) is 19.1. The Morgan fingerprint density at radius 3 is 2.69 bits per heavy atom. The van der Waals surface area contributed by atoms with Gasteiger partial charge in [-0.25, -0.2) is 5.43 Å². The number of nitriles is 1. The fourth-order valence-electron chi connectivity index (χ4n) is 3.38. The quantitative estimate of drug-likeness (QED) is 0.242. The Morgan fingerprint density at radius 2 is 1.89 bits per heavy atom. The van der Waals surface area contributed by atoms with Crippen molar-refractivity contribution in [2.45, 2.75) is 5.16 Å². The Balaban J connectivity index is 1.32. The first-order valence-electron chi connectivity index (χ1n) is 10.6. The van der Waals surface area contributed by atoms with Crippen LogP contribution in [0.25, 0.3) is 17.1 Å². The number of rotatable bonds is 7. The highest BCUT2D eigenvalue weighted by Crippen LogP contribution is 2.37. The first kappa shape index (κ1) is 22.2. The molecule has 1 aromatic heterocycles. The van der Waals surface area contributed by atoms with Crippen LogP contribution >= 0.6 is 11.8 Å². The van der Waals surface area contributed by atoms with Gasteiger partial charge in [0.2, 0.25) is 6.79 Å². The van der Waals surface area contributed by atoms with Crippen LogP contribution in [0.15, 0.2) is 83.1 Å². The van der Waals surface area contributed by atoms with Crippen molar-refractivity contribution in [2.24, 2.45) is 5.10 Å². The molecule has 0 radical (unpaired) electrons. The molecule has 10 heteroatoms. The molecule has 1 aliphatic heterocycles. The Kier molecular flexibility index (Phi) is 6.41. The van der Waals surface area contributed by atoms with Crippen molar-refractivity contribution in [3.63, 3.8) is 0 Å². The molecule has 0 spiro atoms. The molecule has 0 atom stereocenters. The monoisotopic (exact) mass is 482 g/mol. The van der Waals surface area contributed by atoms with Gasteiger partial charge in [0.1, 0.15) is 0 Å². The predicted molar refractivity (Wildman–Crippen MR) is 131 cm³/mol. The zero-order valence-electron chi connectivity index (χ0n) is 18.3. The van der Waals surface area contributed by atoms with Crippen LogP contribution in [0.3, 0.4) is 0 Å². The number of carbonyl (C=O) groups is 1. The smallest absolute Gasteiger partial charge is 0.250 e. The fraction of sp³-hybridized carbons (Fsp3) is 0.0800. The van der Waals surface area contributed by atoms with Gasteiger partial charge < -0.3 is 9.47 Å². The predicted octanol–water partition coefficient (Wildman–Crippen LogP) is 3.78. The van der Waals surface area contributed by atoms with E-state index in [4.69, 9.17) is 14.7 Å². The van der Waals surface area contributed by atoms with E-state index in [1.807, 2.05) is 53.1 Å². The minimum Gasteiger partial charge on any atom is -0.454 e. The van der Waals surface area contributed by atoms with Gasteiger partial charge in [-0.2, -0.15) is 10.4 Å². The maximum Gasteiger partial charge on any atom is 0.250 e. The van der Waals surface area contributed by atoms with Crippen LogP contribution in [0.1, 0.15) is 11.1 Å². The van der Waals surface area contributed by atoms with E-state index in [2.05, 4.69) is 26.8 Å². The topological polar surface area (TPSA) is 114 Å². The third kappa shape index (κ3) is 5.00. The number of hydrogen-bond acceptors (Lipinski definition) is 8. The highest BCUT2D eigenvalue weighted by Gasteiger charge is 2.20. The van der Waals surface area contributed by atoms with Crippen molar-refractivity contribution in [3.05, 3.63) is 83.9 Å². The van der Waals surface area contributed by atoms with Crippen LogP contribution in [-0.4, -0.2) is 39.4 Å². The summed E-state index contributed by atoms with van der Waals surface area (Å²) in [7, 11) is 0. The van der Waals surface area contributed by atoms with Crippen LogP contribution in [0.4, 0.5) is 0 Å². The number of hydrazone groups is 1. The maximum atomic E-state index is 12.4. The lowest BCUT2D eigenvalue weighted by Crippen LogP contribution is -2.20. The third-order valence-corrected chi connectivity index (χ3v) is 5.98. The average molecular weight is 483 g/mol. The summed E-state index contributed by atoms with van der Waals surface area (Å²) < 4.78 is 12.8. The van der Waals surface area contributed by atoms with Gasteiger partial charge in [-0.1, -0.05) is 42.1 Å². The van der Waals surface area contributed by atoms with E-state index in [0.717, 1.165) is 16.8 Å². The van der Waals surface area contributed by atoms with Crippen LogP contribution in [0.5, 0.6) is 11.5 Å². The molecule has 0 fully saturated rings. The number of thioether (sulfide) groups is 1. The van der Waals surface area contributed by atoms with E-state index >= 15 is 0 Å². The number of nitrogens with zero attached hydrogens (tertiary/aromatic N) is 5. The molecule has 172 valence electrons. The Morgan fingerprint density at radius 1 is 1.09 bits per heavy atom.